The van der Waals surface area contributed by atoms with Gasteiger partial charge in [0, 0.05) is 5.69 Å². The van der Waals surface area contributed by atoms with Gasteiger partial charge in [0.05, 0.1) is 6.61 Å². The van der Waals surface area contributed by atoms with Gasteiger partial charge >= 0.3 is 0 Å². The van der Waals surface area contributed by atoms with E-state index in [-0.39, 0.29) is 18.3 Å². The standard InChI is InChI=1S/C17H18FNO3/c1-2-15(22-16-9-4-3-8-14(16)18)17(21)19-13-7-5-6-12(10-13)11-20/h3-10,15,20H,2,11H2,1H3,(H,19,21). The molecule has 0 spiro atoms. The Balaban J connectivity index is 2.07. The number of benzene rings is 2. The van der Waals surface area contributed by atoms with Gasteiger partial charge in [0.1, 0.15) is 0 Å². The quantitative estimate of drug-likeness (QED) is 0.862. The van der Waals surface area contributed by atoms with Crippen molar-refractivity contribution in [1.82, 2.24) is 0 Å². The highest BCUT2D eigenvalue weighted by Gasteiger charge is 2.20. The smallest absolute Gasteiger partial charge is 0.265 e. The van der Waals surface area contributed by atoms with Crippen LogP contribution in [-0.2, 0) is 11.4 Å². The van der Waals surface area contributed by atoms with Crippen molar-refractivity contribution in [2.75, 3.05) is 5.32 Å². The first kappa shape index (κ1) is 16.0. The van der Waals surface area contributed by atoms with Gasteiger partial charge in [-0.2, -0.15) is 0 Å². The fourth-order valence-corrected chi connectivity index (χ4v) is 1.99. The third-order valence-electron chi connectivity index (χ3n) is 3.15. The largest absolute Gasteiger partial charge is 0.478 e. The maximum absolute atomic E-state index is 13.6. The summed E-state index contributed by atoms with van der Waals surface area (Å²) in [4.78, 5) is 12.2. The first-order chi connectivity index (χ1) is 10.6. The van der Waals surface area contributed by atoms with Gasteiger partial charge in [-0.25, -0.2) is 4.39 Å². The Kier molecular flexibility index (Phi) is 5.49. The normalized spacial score (nSPS) is 11.8. The average Bonchev–Trinajstić information content (AvgIpc) is 2.54. The summed E-state index contributed by atoms with van der Waals surface area (Å²) in [6.07, 6.45) is -0.394. The van der Waals surface area contributed by atoms with Crippen LogP contribution in [0, 0.1) is 5.82 Å². The number of rotatable bonds is 6. The zero-order valence-electron chi connectivity index (χ0n) is 12.3. The van der Waals surface area contributed by atoms with E-state index in [4.69, 9.17) is 9.84 Å². The number of nitrogens with one attached hydrogen (secondary N) is 1. The minimum atomic E-state index is -0.797. The Morgan fingerprint density at radius 1 is 1.27 bits per heavy atom. The van der Waals surface area contributed by atoms with Crippen LogP contribution < -0.4 is 10.1 Å². The molecule has 0 aromatic heterocycles. The molecule has 1 atom stereocenters. The van der Waals surface area contributed by atoms with E-state index in [1.54, 1.807) is 43.3 Å². The van der Waals surface area contributed by atoms with Crippen molar-refractivity contribution in [1.29, 1.82) is 0 Å². The van der Waals surface area contributed by atoms with Crippen LogP contribution in [-0.4, -0.2) is 17.1 Å². The fraction of sp³-hybridized carbons (Fsp3) is 0.235. The summed E-state index contributed by atoms with van der Waals surface area (Å²) in [6.45, 7) is 1.68. The highest BCUT2D eigenvalue weighted by molar-refractivity contribution is 5.94. The second-order valence-electron chi connectivity index (χ2n) is 4.79. The molecule has 0 saturated carbocycles. The first-order valence-electron chi connectivity index (χ1n) is 7.06. The summed E-state index contributed by atoms with van der Waals surface area (Å²) in [5.74, 6) is -0.814. The second-order valence-corrected chi connectivity index (χ2v) is 4.79. The Labute approximate surface area is 128 Å². The van der Waals surface area contributed by atoms with Crippen LogP contribution >= 0.6 is 0 Å². The number of hydrogen-bond acceptors (Lipinski definition) is 3. The molecule has 4 nitrogen and oxygen atoms in total. The Morgan fingerprint density at radius 3 is 2.73 bits per heavy atom. The number of carbonyl (C=O) groups excluding carboxylic acids is 1. The van der Waals surface area contributed by atoms with E-state index >= 15 is 0 Å². The van der Waals surface area contributed by atoms with Gasteiger partial charge in [-0.1, -0.05) is 31.2 Å². The summed E-state index contributed by atoms with van der Waals surface area (Å²) in [5, 5.41) is 11.8. The van der Waals surface area contributed by atoms with Crippen LogP contribution in [0.2, 0.25) is 0 Å². The van der Waals surface area contributed by atoms with Gasteiger partial charge < -0.3 is 15.2 Å². The van der Waals surface area contributed by atoms with Gasteiger partial charge in [-0.3, -0.25) is 4.79 Å². The number of anilines is 1. The molecule has 0 aliphatic heterocycles. The van der Waals surface area contributed by atoms with Crippen LogP contribution in [0.15, 0.2) is 48.5 Å². The van der Waals surface area contributed by atoms with E-state index in [9.17, 15) is 9.18 Å². The molecular weight excluding hydrogens is 285 g/mol. The number of hydrogen-bond donors (Lipinski definition) is 2. The molecule has 0 fully saturated rings. The molecule has 0 radical (unpaired) electrons. The molecule has 22 heavy (non-hydrogen) atoms. The van der Waals surface area contributed by atoms with Gasteiger partial charge in [-0.05, 0) is 36.2 Å². The number of para-hydroxylation sites is 1. The maximum atomic E-state index is 13.6. The highest BCUT2D eigenvalue weighted by Crippen LogP contribution is 2.19. The van der Waals surface area contributed by atoms with Crippen molar-refractivity contribution < 1.29 is 19.0 Å². The number of aliphatic hydroxyl groups excluding tert-OH is 1. The third-order valence-corrected chi connectivity index (χ3v) is 3.15. The molecule has 2 aromatic rings. The Morgan fingerprint density at radius 2 is 2.05 bits per heavy atom. The van der Waals surface area contributed by atoms with E-state index in [1.807, 2.05) is 0 Å². The molecule has 2 rings (SSSR count). The predicted octanol–water partition coefficient (Wildman–Crippen LogP) is 3.11. The maximum Gasteiger partial charge on any atom is 0.265 e. The predicted molar refractivity (Wildman–Crippen MR) is 82.1 cm³/mol. The zero-order chi connectivity index (χ0) is 15.9. The number of amides is 1. The highest BCUT2D eigenvalue weighted by atomic mass is 19.1. The van der Waals surface area contributed by atoms with Gasteiger partial charge in [-0.15, -0.1) is 0 Å². The van der Waals surface area contributed by atoms with Crippen molar-refractivity contribution in [2.24, 2.45) is 0 Å². The van der Waals surface area contributed by atoms with Crippen molar-refractivity contribution in [3.8, 4) is 5.75 Å². The number of ether oxygens (including phenoxy) is 1. The summed E-state index contributed by atoms with van der Waals surface area (Å²) in [7, 11) is 0. The van der Waals surface area contributed by atoms with Crippen molar-refractivity contribution >= 4 is 11.6 Å². The molecular formula is C17H18FNO3. The zero-order valence-corrected chi connectivity index (χ0v) is 12.3. The minimum absolute atomic E-state index is 0.0496. The summed E-state index contributed by atoms with van der Waals surface area (Å²) >= 11 is 0. The average molecular weight is 303 g/mol. The second kappa shape index (κ2) is 7.56. The molecule has 1 unspecified atom stereocenters. The Hall–Kier alpha value is -2.40. The van der Waals surface area contributed by atoms with Crippen LogP contribution in [0.5, 0.6) is 5.75 Å². The van der Waals surface area contributed by atoms with Crippen LogP contribution in [0.1, 0.15) is 18.9 Å². The van der Waals surface area contributed by atoms with Crippen LogP contribution in [0.4, 0.5) is 10.1 Å². The first-order valence-corrected chi connectivity index (χ1v) is 7.06. The lowest BCUT2D eigenvalue weighted by Gasteiger charge is -2.17. The SMILES string of the molecule is CCC(Oc1ccccc1F)C(=O)Nc1cccc(CO)c1. The van der Waals surface area contributed by atoms with Crippen molar-refractivity contribution in [3.63, 3.8) is 0 Å². The topological polar surface area (TPSA) is 58.6 Å². The lowest BCUT2D eigenvalue weighted by molar-refractivity contribution is -0.122. The molecule has 2 aromatic carbocycles. The summed E-state index contributed by atoms with van der Waals surface area (Å²) in [5.41, 5.74) is 1.26. The van der Waals surface area contributed by atoms with Crippen molar-refractivity contribution in [2.45, 2.75) is 26.1 Å². The van der Waals surface area contributed by atoms with Gasteiger partial charge in [0.2, 0.25) is 0 Å². The van der Waals surface area contributed by atoms with E-state index in [0.29, 0.717) is 17.7 Å². The molecule has 0 aliphatic rings. The van der Waals surface area contributed by atoms with Crippen LogP contribution in [0.25, 0.3) is 0 Å². The molecule has 5 heteroatoms. The molecule has 0 saturated heterocycles. The summed E-state index contributed by atoms with van der Waals surface area (Å²) in [6, 6.07) is 12.9. The molecule has 0 heterocycles. The molecule has 1 amide bonds. The number of carbonyl (C=O) groups is 1. The monoisotopic (exact) mass is 303 g/mol. The third kappa shape index (κ3) is 4.05. The van der Waals surface area contributed by atoms with E-state index in [0.717, 1.165) is 0 Å². The molecule has 0 aliphatic carbocycles. The molecule has 2 N–H and O–H groups in total. The van der Waals surface area contributed by atoms with E-state index < -0.39 is 11.9 Å². The molecule has 0 bridgehead atoms. The fourth-order valence-electron chi connectivity index (χ4n) is 1.99. The van der Waals surface area contributed by atoms with E-state index in [2.05, 4.69) is 5.32 Å². The summed E-state index contributed by atoms with van der Waals surface area (Å²) < 4.78 is 19.0. The van der Waals surface area contributed by atoms with Gasteiger partial charge in [0.25, 0.3) is 5.91 Å². The van der Waals surface area contributed by atoms with Gasteiger partial charge in [0.15, 0.2) is 17.7 Å². The Bertz CT molecular complexity index is 645. The van der Waals surface area contributed by atoms with Crippen molar-refractivity contribution in [3.05, 3.63) is 59.9 Å². The number of halogens is 1. The van der Waals surface area contributed by atoms with E-state index in [1.165, 1.54) is 12.1 Å². The minimum Gasteiger partial charge on any atom is -0.478 e. The molecule has 116 valence electrons. The lowest BCUT2D eigenvalue weighted by atomic mass is 10.2. The lowest BCUT2D eigenvalue weighted by Crippen LogP contribution is -2.32. The van der Waals surface area contributed by atoms with Crippen LogP contribution in [0.3, 0.4) is 0 Å². The number of aliphatic hydroxyl groups is 1.